The van der Waals surface area contributed by atoms with Crippen LogP contribution in [0.5, 0.6) is 0 Å². The number of sulfonamides is 1. The lowest BCUT2D eigenvalue weighted by molar-refractivity contribution is 0.0697. The molecule has 0 radical (unpaired) electrons. The third kappa shape index (κ3) is 4.45. The van der Waals surface area contributed by atoms with Gasteiger partial charge in [0, 0.05) is 17.8 Å². The fourth-order valence-corrected chi connectivity index (χ4v) is 4.05. The topological polar surface area (TPSA) is 95.5 Å². The highest BCUT2D eigenvalue weighted by Gasteiger charge is 2.22. The predicted molar refractivity (Wildman–Crippen MR) is 89.4 cm³/mol. The van der Waals surface area contributed by atoms with E-state index in [0.29, 0.717) is 12.1 Å². The van der Waals surface area contributed by atoms with Crippen molar-refractivity contribution in [2.45, 2.75) is 62.9 Å². The lowest BCUT2D eigenvalue weighted by Crippen LogP contribution is -2.32. The number of carbonyl (C=O) groups is 1. The van der Waals surface area contributed by atoms with Crippen molar-refractivity contribution in [3.63, 3.8) is 0 Å². The summed E-state index contributed by atoms with van der Waals surface area (Å²) >= 11 is 0. The Bertz CT molecular complexity index is 667. The maximum absolute atomic E-state index is 12.3. The zero-order valence-electron chi connectivity index (χ0n) is 13.5. The highest BCUT2D eigenvalue weighted by atomic mass is 32.2. The molecule has 0 unspecified atom stereocenters. The molecule has 1 aromatic rings. The molecule has 1 saturated carbocycles. The molecule has 23 heavy (non-hydrogen) atoms. The summed E-state index contributed by atoms with van der Waals surface area (Å²) in [6, 6.07) is 4.28. The van der Waals surface area contributed by atoms with E-state index in [-0.39, 0.29) is 22.5 Å². The Hall–Kier alpha value is -1.60. The third-order valence-corrected chi connectivity index (χ3v) is 5.80. The molecule has 0 heterocycles. The lowest BCUT2D eigenvalue weighted by atomic mass is 10.1. The van der Waals surface area contributed by atoms with Gasteiger partial charge >= 0.3 is 5.97 Å². The molecule has 2 rings (SSSR count). The quantitative estimate of drug-likeness (QED) is 0.709. The van der Waals surface area contributed by atoms with Crippen molar-refractivity contribution in [3.8, 4) is 0 Å². The molecule has 0 amide bonds. The Morgan fingerprint density at radius 3 is 2.57 bits per heavy atom. The first kappa shape index (κ1) is 17.7. The summed E-state index contributed by atoms with van der Waals surface area (Å²) in [5.74, 6) is -1.13. The molecule has 1 aliphatic rings. The van der Waals surface area contributed by atoms with Crippen molar-refractivity contribution < 1.29 is 18.3 Å². The first-order valence-corrected chi connectivity index (χ1v) is 9.48. The van der Waals surface area contributed by atoms with Gasteiger partial charge in [0.2, 0.25) is 10.0 Å². The van der Waals surface area contributed by atoms with Gasteiger partial charge in [-0.2, -0.15) is 0 Å². The molecule has 0 aromatic heterocycles. The number of carboxylic acids is 1. The summed E-state index contributed by atoms with van der Waals surface area (Å²) < 4.78 is 27.2. The third-order valence-electron chi connectivity index (χ3n) is 4.22. The van der Waals surface area contributed by atoms with Crippen molar-refractivity contribution in [1.82, 2.24) is 4.72 Å². The maximum Gasteiger partial charge on any atom is 0.337 e. The molecule has 128 valence electrons. The minimum absolute atomic E-state index is 0.0103. The molecule has 6 nitrogen and oxygen atoms in total. The zero-order chi connectivity index (χ0) is 17.0. The van der Waals surface area contributed by atoms with Crippen LogP contribution in [-0.2, 0) is 10.0 Å². The molecule has 7 heteroatoms. The normalized spacial score (nSPS) is 17.1. The largest absolute Gasteiger partial charge is 0.478 e. The molecule has 0 saturated heterocycles. The molecule has 0 spiro atoms. The average Bonchev–Trinajstić information content (AvgIpc) is 2.99. The van der Waals surface area contributed by atoms with Crippen LogP contribution in [0.3, 0.4) is 0 Å². The van der Waals surface area contributed by atoms with Gasteiger partial charge in [-0.25, -0.2) is 17.9 Å². The number of carboxylic acid groups (broad SMARTS) is 1. The van der Waals surface area contributed by atoms with Crippen molar-refractivity contribution >= 4 is 21.7 Å². The van der Waals surface area contributed by atoms with Gasteiger partial charge in [0.25, 0.3) is 0 Å². The van der Waals surface area contributed by atoms with Crippen LogP contribution < -0.4 is 10.0 Å². The van der Waals surface area contributed by atoms with Gasteiger partial charge < -0.3 is 10.4 Å². The maximum atomic E-state index is 12.3. The van der Waals surface area contributed by atoms with Crippen molar-refractivity contribution in [3.05, 3.63) is 23.8 Å². The summed E-state index contributed by atoms with van der Waals surface area (Å²) in [5.41, 5.74) is 0.468. The van der Waals surface area contributed by atoms with Gasteiger partial charge in [-0.1, -0.05) is 19.8 Å². The van der Waals surface area contributed by atoms with E-state index in [0.717, 1.165) is 25.7 Å². The minimum atomic E-state index is -3.71. The van der Waals surface area contributed by atoms with E-state index in [2.05, 4.69) is 10.0 Å². The molecule has 1 aliphatic carbocycles. The Kier molecular flexibility index (Phi) is 5.64. The van der Waals surface area contributed by atoms with Crippen LogP contribution in [0.4, 0.5) is 5.69 Å². The number of hydrogen-bond donors (Lipinski definition) is 3. The smallest absolute Gasteiger partial charge is 0.337 e. The number of nitrogens with one attached hydrogen (secondary N) is 2. The highest BCUT2D eigenvalue weighted by molar-refractivity contribution is 7.89. The first-order valence-electron chi connectivity index (χ1n) is 7.99. The second-order valence-corrected chi connectivity index (χ2v) is 7.78. The van der Waals surface area contributed by atoms with Gasteiger partial charge in [-0.3, -0.25) is 0 Å². The Labute approximate surface area is 137 Å². The second-order valence-electron chi connectivity index (χ2n) is 6.07. The predicted octanol–water partition coefficient (Wildman–Crippen LogP) is 2.82. The van der Waals surface area contributed by atoms with E-state index >= 15 is 0 Å². The summed E-state index contributed by atoms with van der Waals surface area (Å²) in [4.78, 5) is 11.5. The molecule has 3 N–H and O–H groups in total. The molecule has 0 bridgehead atoms. The van der Waals surface area contributed by atoms with Crippen LogP contribution in [0.25, 0.3) is 0 Å². The summed E-state index contributed by atoms with van der Waals surface area (Å²) in [5, 5.41) is 12.6. The van der Waals surface area contributed by atoms with E-state index in [9.17, 15) is 18.3 Å². The van der Waals surface area contributed by atoms with Gasteiger partial charge in [-0.05, 0) is 44.4 Å². The van der Waals surface area contributed by atoms with Gasteiger partial charge in [0.05, 0.1) is 10.5 Å². The number of aromatic carboxylic acids is 1. The van der Waals surface area contributed by atoms with Gasteiger partial charge in [0.1, 0.15) is 0 Å². The van der Waals surface area contributed by atoms with Crippen LogP contribution in [0, 0.1) is 0 Å². The monoisotopic (exact) mass is 340 g/mol. The molecule has 0 aliphatic heterocycles. The average molecular weight is 340 g/mol. The Morgan fingerprint density at radius 1 is 1.35 bits per heavy atom. The van der Waals surface area contributed by atoms with Crippen LogP contribution in [-0.4, -0.2) is 31.6 Å². The highest BCUT2D eigenvalue weighted by Crippen LogP contribution is 2.26. The van der Waals surface area contributed by atoms with E-state index in [1.54, 1.807) is 13.0 Å². The van der Waals surface area contributed by atoms with E-state index in [1.807, 2.05) is 6.92 Å². The number of anilines is 1. The first-order chi connectivity index (χ1) is 10.8. The SMILES string of the molecule is CC[C@@H](C)NS(=O)(=O)c1ccc(NC2CCCC2)c(C(=O)O)c1. The Morgan fingerprint density at radius 2 is 2.00 bits per heavy atom. The molecule has 1 fully saturated rings. The second kappa shape index (κ2) is 7.31. The van der Waals surface area contributed by atoms with E-state index in [4.69, 9.17) is 0 Å². The standard InChI is InChI=1S/C16H24N2O4S/c1-3-11(2)18-23(21,22)13-8-9-15(14(10-13)16(19)20)17-12-6-4-5-7-12/h8-12,17-18H,3-7H2,1-2H3,(H,19,20)/t11-/m1/s1. The summed E-state index contributed by atoms with van der Waals surface area (Å²) in [6.07, 6.45) is 4.94. The van der Waals surface area contributed by atoms with E-state index < -0.39 is 16.0 Å². The van der Waals surface area contributed by atoms with Crippen molar-refractivity contribution in [2.24, 2.45) is 0 Å². The van der Waals surface area contributed by atoms with Crippen molar-refractivity contribution in [1.29, 1.82) is 0 Å². The molecule has 1 atom stereocenters. The van der Waals surface area contributed by atoms with Crippen LogP contribution in [0.1, 0.15) is 56.3 Å². The van der Waals surface area contributed by atoms with Crippen LogP contribution >= 0.6 is 0 Å². The molecular formula is C16H24N2O4S. The fraction of sp³-hybridized carbons (Fsp3) is 0.562. The molecular weight excluding hydrogens is 316 g/mol. The Balaban J connectivity index is 2.29. The zero-order valence-corrected chi connectivity index (χ0v) is 14.3. The minimum Gasteiger partial charge on any atom is -0.478 e. The molecule has 1 aromatic carbocycles. The lowest BCUT2D eigenvalue weighted by Gasteiger charge is -2.17. The van der Waals surface area contributed by atoms with Gasteiger partial charge in [0.15, 0.2) is 0 Å². The van der Waals surface area contributed by atoms with Crippen LogP contribution in [0.2, 0.25) is 0 Å². The summed E-state index contributed by atoms with van der Waals surface area (Å²) in [6.45, 7) is 3.65. The summed E-state index contributed by atoms with van der Waals surface area (Å²) in [7, 11) is -3.71. The van der Waals surface area contributed by atoms with Crippen molar-refractivity contribution in [2.75, 3.05) is 5.32 Å². The van der Waals surface area contributed by atoms with Crippen LogP contribution in [0.15, 0.2) is 23.1 Å². The number of hydrogen-bond acceptors (Lipinski definition) is 4. The van der Waals surface area contributed by atoms with E-state index in [1.165, 1.54) is 12.1 Å². The number of rotatable bonds is 7. The number of benzene rings is 1. The fourth-order valence-electron chi connectivity index (χ4n) is 2.70. The van der Waals surface area contributed by atoms with Gasteiger partial charge in [-0.15, -0.1) is 0 Å².